The van der Waals surface area contributed by atoms with Crippen molar-refractivity contribution in [3.05, 3.63) is 103 Å². The number of nitrogens with zero attached hydrogens (tertiary/aromatic N) is 4. The minimum atomic E-state index is -0.225. The minimum absolute atomic E-state index is 0.225. The highest BCUT2D eigenvalue weighted by molar-refractivity contribution is 6.06. The number of pyridine rings is 1. The van der Waals surface area contributed by atoms with Gasteiger partial charge in [-0.1, -0.05) is 54.6 Å². The van der Waals surface area contributed by atoms with E-state index in [0.29, 0.717) is 11.4 Å². The number of carbonyl (C=O) groups excluding carboxylic acids is 1. The topological polar surface area (TPSA) is 64.2 Å². The molecule has 30 heavy (non-hydrogen) atoms. The first-order chi connectivity index (χ1) is 14.7. The van der Waals surface area contributed by atoms with Gasteiger partial charge in [-0.2, -0.15) is 5.10 Å². The smallest absolute Gasteiger partial charge is 0.260 e. The normalized spacial score (nSPS) is 11.0. The van der Waals surface area contributed by atoms with Crippen molar-refractivity contribution in [3.63, 3.8) is 0 Å². The Labute approximate surface area is 173 Å². The molecule has 0 fully saturated rings. The van der Waals surface area contributed by atoms with Gasteiger partial charge >= 0.3 is 0 Å². The lowest BCUT2D eigenvalue weighted by molar-refractivity contribution is 0.102. The van der Waals surface area contributed by atoms with Crippen LogP contribution in [0.4, 0.5) is 5.82 Å². The number of imidazole rings is 1. The zero-order valence-corrected chi connectivity index (χ0v) is 16.4. The standard InChI is InChI=1S/C24H19N5O/c1-17-20(16-25-29(17)19-12-6-3-7-13-19)24(30)27-23-22(18-10-4-2-5-11-18)26-21-14-8-9-15-28(21)23/h2-16H,1H3,(H,27,30). The van der Waals surface area contributed by atoms with Gasteiger partial charge in [-0.05, 0) is 31.2 Å². The molecule has 1 amide bonds. The molecular weight excluding hydrogens is 374 g/mol. The first kappa shape index (κ1) is 17.9. The molecule has 0 saturated carbocycles. The number of para-hydroxylation sites is 1. The Hall–Kier alpha value is -4.19. The van der Waals surface area contributed by atoms with E-state index in [9.17, 15) is 4.79 Å². The van der Waals surface area contributed by atoms with E-state index >= 15 is 0 Å². The van der Waals surface area contributed by atoms with E-state index < -0.39 is 0 Å². The molecule has 6 heteroatoms. The summed E-state index contributed by atoms with van der Waals surface area (Å²) in [5.74, 6) is 0.408. The molecule has 0 unspecified atom stereocenters. The molecule has 6 nitrogen and oxygen atoms in total. The average Bonchev–Trinajstić information content (AvgIpc) is 3.36. The molecule has 0 aliphatic carbocycles. The molecule has 0 spiro atoms. The summed E-state index contributed by atoms with van der Waals surface area (Å²) < 4.78 is 3.65. The number of amides is 1. The Balaban J connectivity index is 1.55. The second-order valence-corrected chi connectivity index (χ2v) is 6.95. The van der Waals surface area contributed by atoms with Crippen LogP contribution in [0.2, 0.25) is 0 Å². The maximum absolute atomic E-state index is 13.2. The Kier molecular flexibility index (Phi) is 4.37. The van der Waals surface area contributed by atoms with E-state index in [-0.39, 0.29) is 5.91 Å². The molecule has 0 aliphatic heterocycles. The van der Waals surface area contributed by atoms with E-state index in [0.717, 1.165) is 28.3 Å². The quantitative estimate of drug-likeness (QED) is 0.479. The number of carbonyl (C=O) groups is 1. The summed E-state index contributed by atoms with van der Waals surface area (Å²) in [7, 11) is 0. The van der Waals surface area contributed by atoms with Crippen molar-refractivity contribution in [2.45, 2.75) is 6.92 Å². The summed E-state index contributed by atoms with van der Waals surface area (Å²) in [5.41, 5.74) is 4.63. The van der Waals surface area contributed by atoms with Gasteiger partial charge in [0.15, 0.2) is 0 Å². The van der Waals surface area contributed by atoms with Crippen LogP contribution in [0.1, 0.15) is 16.1 Å². The van der Waals surface area contributed by atoms with E-state index in [1.807, 2.05) is 96.4 Å². The number of rotatable bonds is 4. The van der Waals surface area contributed by atoms with Gasteiger partial charge in [-0.25, -0.2) is 9.67 Å². The molecule has 1 N–H and O–H groups in total. The number of anilines is 1. The van der Waals surface area contributed by atoms with Gasteiger partial charge < -0.3 is 5.32 Å². The number of nitrogens with one attached hydrogen (secondary N) is 1. The molecule has 0 aliphatic rings. The monoisotopic (exact) mass is 393 g/mol. The molecule has 0 saturated heterocycles. The third-order valence-electron chi connectivity index (χ3n) is 5.06. The Bertz CT molecular complexity index is 1340. The molecule has 3 aromatic heterocycles. The van der Waals surface area contributed by atoms with E-state index in [2.05, 4.69) is 10.4 Å². The fourth-order valence-corrected chi connectivity index (χ4v) is 3.55. The summed E-state index contributed by atoms with van der Waals surface area (Å²) >= 11 is 0. The van der Waals surface area contributed by atoms with Crippen LogP contribution in [0, 0.1) is 6.92 Å². The highest BCUT2D eigenvalue weighted by Crippen LogP contribution is 2.29. The summed E-state index contributed by atoms with van der Waals surface area (Å²) in [6.07, 6.45) is 3.49. The van der Waals surface area contributed by atoms with Crippen LogP contribution >= 0.6 is 0 Å². The van der Waals surface area contributed by atoms with Crippen LogP contribution < -0.4 is 5.32 Å². The van der Waals surface area contributed by atoms with Crippen molar-refractivity contribution >= 4 is 17.4 Å². The van der Waals surface area contributed by atoms with Crippen molar-refractivity contribution in [2.24, 2.45) is 0 Å². The molecule has 0 radical (unpaired) electrons. The maximum atomic E-state index is 13.2. The van der Waals surface area contributed by atoms with Crippen molar-refractivity contribution in [1.29, 1.82) is 0 Å². The Morgan fingerprint density at radius 2 is 1.60 bits per heavy atom. The second-order valence-electron chi connectivity index (χ2n) is 6.95. The summed E-state index contributed by atoms with van der Waals surface area (Å²) in [5, 5.41) is 7.47. The van der Waals surface area contributed by atoms with Gasteiger partial charge in [-0.3, -0.25) is 9.20 Å². The van der Waals surface area contributed by atoms with Crippen molar-refractivity contribution in [1.82, 2.24) is 19.2 Å². The van der Waals surface area contributed by atoms with Crippen LogP contribution in [-0.4, -0.2) is 25.1 Å². The van der Waals surface area contributed by atoms with Crippen molar-refractivity contribution in [2.75, 3.05) is 5.32 Å². The maximum Gasteiger partial charge on any atom is 0.260 e. The minimum Gasteiger partial charge on any atom is -0.306 e. The fourth-order valence-electron chi connectivity index (χ4n) is 3.55. The predicted octanol–water partition coefficient (Wildman–Crippen LogP) is 4.75. The molecular formula is C24H19N5O. The van der Waals surface area contributed by atoms with Gasteiger partial charge in [0.1, 0.15) is 17.2 Å². The number of fused-ring (bicyclic) bond motifs is 1. The summed E-state index contributed by atoms with van der Waals surface area (Å²) in [6, 6.07) is 25.4. The molecule has 3 heterocycles. The SMILES string of the molecule is Cc1c(C(=O)Nc2c(-c3ccccc3)nc3ccccn23)cnn1-c1ccccc1. The lowest BCUT2D eigenvalue weighted by Gasteiger charge is -2.08. The molecule has 2 aromatic carbocycles. The number of aromatic nitrogens is 4. The third kappa shape index (κ3) is 3.04. The first-order valence-corrected chi connectivity index (χ1v) is 9.66. The van der Waals surface area contributed by atoms with Crippen molar-refractivity contribution < 1.29 is 4.79 Å². The van der Waals surface area contributed by atoms with Gasteiger partial charge in [0.2, 0.25) is 0 Å². The average molecular weight is 393 g/mol. The van der Waals surface area contributed by atoms with Gasteiger partial charge in [-0.15, -0.1) is 0 Å². The van der Waals surface area contributed by atoms with Gasteiger partial charge in [0, 0.05) is 11.8 Å². The van der Waals surface area contributed by atoms with E-state index in [1.54, 1.807) is 10.9 Å². The first-order valence-electron chi connectivity index (χ1n) is 9.66. The Morgan fingerprint density at radius 3 is 2.37 bits per heavy atom. The second kappa shape index (κ2) is 7.33. The number of hydrogen-bond acceptors (Lipinski definition) is 3. The predicted molar refractivity (Wildman–Crippen MR) is 117 cm³/mol. The molecule has 146 valence electrons. The molecule has 0 bridgehead atoms. The van der Waals surface area contributed by atoms with Crippen molar-refractivity contribution in [3.8, 4) is 16.9 Å². The van der Waals surface area contributed by atoms with E-state index in [1.165, 1.54) is 0 Å². The molecule has 5 rings (SSSR count). The third-order valence-corrected chi connectivity index (χ3v) is 5.06. The van der Waals surface area contributed by atoms with Gasteiger partial charge in [0.05, 0.1) is 23.1 Å². The lowest BCUT2D eigenvalue weighted by Crippen LogP contribution is -2.15. The zero-order valence-electron chi connectivity index (χ0n) is 16.4. The van der Waals surface area contributed by atoms with E-state index in [4.69, 9.17) is 4.98 Å². The number of benzene rings is 2. The summed E-state index contributed by atoms with van der Waals surface area (Å²) in [6.45, 7) is 1.89. The molecule has 5 aromatic rings. The van der Waals surface area contributed by atoms with Crippen LogP contribution in [-0.2, 0) is 0 Å². The summed E-state index contributed by atoms with van der Waals surface area (Å²) in [4.78, 5) is 17.9. The van der Waals surface area contributed by atoms with Crippen LogP contribution in [0.5, 0.6) is 0 Å². The Morgan fingerprint density at radius 1 is 0.900 bits per heavy atom. The molecule has 0 atom stereocenters. The van der Waals surface area contributed by atoms with Crippen LogP contribution in [0.15, 0.2) is 91.3 Å². The zero-order chi connectivity index (χ0) is 20.5. The van der Waals surface area contributed by atoms with Gasteiger partial charge in [0.25, 0.3) is 5.91 Å². The number of hydrogen-bond donors (Lipinski definition) is 1. The highest BCUT2D eigenvalue weighted by Gasteiger charge is 2.20. The highest BCUT2D eigenvalue weighted by atomic mass is 16.1. The largest absolute Gasteiger partial charge is 0.306 e. The fraction of sp³-hybridized carbons (Fsp3) is 0.0417. The van der Waals surface area contributed by atoms with Crippen LogP contribution in [0.25, 0.3) is 22.6 Å². The van der Waals surface area contributed by atoms with Crippen LogP contribution in [0.3, 0.4) is 0 Å². The lowest BCUT2D eigenvalue weighted by atomic mass is 10.1.